The fourth-order valence-corrected chi connectivity index (χ4v) is 1.58. The summed E-state index contributed by atoms with van der Waals surface area (Å²) in [7, 11) is 0. The number of hydrogen-bond donors (Lipinski definition) is 0. The minimum atomic E-state index is -0.766. The lowest BCUT2D eigenvalue weighted by Gasteiger charge is -2.13. The number of hydrogen-bond acceptors (Lipinski definition) is 4. The number of carbonyl (C=O) groups excluding carboxylic acids is 2. The molecule has 0 saturated heterocycles. The fraction of sp³-hybridized carbons (Fsp3) is 0.333. The molecule has 0 radical (unpaired) electrons. The Kier molecular flexibility index (Phi) is 2.90. The summed E-state index contributed by atoms with van der Waals surface area (Å²) >= 11 is 0. The van der Waals surface area contributed by atoms with E-state index < -0.39 is 18.2 Å². The van der Waals surface area contributed by atoms with Crippen molar-refractivity contribution < 1.29 is 19.1 Å². The highest BCUT2D eigenvalue weighted by Crippen LogP contribution is 2.20. The molecular formula is C12H12O4. The summed E-state index contributed by atoms with van der Waals surface area (Å²) in [6, 6.07) is 6.50. The molecule has 1 heterocycles. The summed E-state index contributed by atoms with van der Waals surface area (Å²) in [5, 5.41) is 0. The van der Waals surface area contributed by atoms with E-state index in [2.05, 4.69) is 0 Å². The van der Waals surface area contributed by atoms with Crippen molar-refractivity contribution in [2.45, 2.75) is 26.1 Å². The van der Waals surface area contributed by atoms with Crippen LogP contribution in [0.15, 0.2) is 24.3 Å². The summed E-state index contributed by atoms with van der Waals surface area (Å²) in [6.45, 7) is 1.93. The van der Waals surface area contributed by atoms with Crippen LogP contribution in [0, 0.1) is 0 Å². The van der Waals surface area contributed by atoms with Gasteiger partial charge in [-0.15, -0.1) is 0 Å². The van der Waals surface area contributed by atoms with Crippen molar-refractivity contribution in [3.63, 3.8) is 0 Å². The average molecular weight is 220 g/mol. The quantitative estimate of drug-likeness (QED) is 0.716. The van der Waals surface area contributed by atoms with Crippen molar-refractivity contribution in [1.82, 2.24) is 0 Å². The third-order valence-corrected chi connectivity index (χ3v) is 2.37. The van der Waals surface area contributed by atoms with Crippen molar-refractivity contribution in [2.24, 2.45) is 0 Å². The molecule has 4 nitrogen and oxygen atoms in total. The molecule has 0 amide bonds. The maximum absolute atomic E-state index is 11.7. The second kappa shape index (κ2) is 4.35. The van der Waals surface area contributed by atoms with Gasteiger partial charge >= 0.3 is 11.9 Å². The van der Waals surface area contributed by atoms with Crippen LogP contribution in [0.4, 0.5) is 0 Å². The molecule has 16 heavy (non-hydrogen) atoms. The first kappa shape index (κ1) is 10.7. The minimum absolute atomic E-state index is 0.270. The number of cyclic esters (lactones) is 2. The van der Waals surface area contributed by atoms with Crippen LogP contribution in [0.1, 0.15) is 40.5 Å². The van der Waals surface area contributed by atoms with Crippen molar-refractivity contribution in [3.8, 4) is 0 Å². The Labute approximate surface area is 93.2 Å². The average Bonchev–Trinajstić information content (AvgIpc) is 2.39. The van der Waals surface area contributed by atoms with E-state index in [-0.39, 0.29) is 11.1 Å². The molecule has 0 fully saturated rings. The van der Waals surface area contributed by atoms with E-state index in [1.54, 1.807) is 24.3 Å². The van der Waals surface area contributed by atoms with Gasteiger partial charge < -0.3 is 9.47 Å². The van der Waals surface area contributed by atoms with Gasteiger partial charge in [0, 0.05) is 6.42 Å². The van der Waals surface area contributed by atoms with Crippen LogP contribution < -0.4 is 0 Å². The predicted octanol–water partition coefficient (Wildman–Crippen LogP) is 2.14. The van der Waals surface area contributed by atoms with Crippen LogP contribution in [0.2, 0.25) is 0 Å². The lowest BCUT2D eigenvalue weighted by molar-refractivity contribution is -0.0794. The Bertz CT molecular complexity index is 388. The zero-order valence-corrected chi connectivity index (χ0v) is 8.93. The van der Waals surface area contributed by atoms with Gasteiger partial charge in [-0.25, -0.2) is 9.59 Å². The third-order valence-electron chi connectivity index (χ3n) is 2.37. The standard InChI is InChI=1S/C12H12O4/c1-2-5-10-15-11(13)8-6-3-4-7-9(8)12(14)16-10/h3-4,6-7,10H,2,5H2,1H3. The van der Waals surface area contributed by atoms with Gasteiger partial charge in [0.25, 0.3) is 0 Å². The largest absolute Gasteiger partial charge is 0.422 e. The molecule has 4 heteroatoms. The number of ether oxygens (including phenoxy) is 2. The van der Waals surface area contributed by atoms with E-state index in [9.17, 15) is 9.59 Å². The zero-order valence-electron chi connectivity index (χ0n) is 8.93. The van der Waals surface area contributed by atoms with Crippen LogP contribution in [0.3, 0.4) is 0 Å². The highest BCUT2D eigenvalue weighted by Gasteiger charge is 2.28. The van der Waals surface area contributed by atoms with Gasteiger partial charge in [-0.3, -0.25) is 0 Å². The molecule has 0 aliphatic carbocycles. The van der Waals surface area contributed by atoms with Crippen molar-refractivity contribution in [1.29, 1.82) is 0 Å². The van der Waals surface area contributed by atoms with E-state index in [0.717, 1.165) is 6.42 Å². The lowest BCUT2D eigenvalue weighted by Crippen LogP contribution is -2.20. The second-order valence-electron chi connectivity index (χ2n) is 3.57. The van der Waals surface area contributed by atoms with Crippen LogP contribution in [0.25, 0.3) is 0 Å². The number of benzene rings is 1. The Hall–Kier alpha value is -1.84. The molecule has 2 rings (SSSR count). The molecule has 1 aromatic rings. The normalized spacial score (nSPS) is 16.1. The Morgan fingerprint density at radius 2 is 1.56 bits per heavy atom. The number of esters is 2. The second-order valence-corrected chi connectivity index (χ2v) is 3.57. The molecule has 0 N–H and O–H groups in total. The van der Waals surface area contributed by atoms with Gasteiger partial charge in [0.15, 0.2) is 0 Å². The number of rotatable bonds is 2. The molecule has 1 aromatic carbocycles. The van der Waals surface area contributed by atoms with Gasteiger partial charge in [-0.1, -0.05) is 19.1 Å². The monoisotopic (exact) mass is 220 g/mol. The molecule has 0 unspecified atom stereocenters. The highest BCUT2D eigenvalue weighted by atomic mass is 16.7. The predicted molar refractivity (Wildman–Crippen MR) is 56.0 cm³/mol. The third kappa shape index (κ3) is 1.91. The topological polar surface area (TPSA) is 52.6 Å². The van der Waals surface area contributed by atoms with Crippen LogP contribution >= 0.6 is 0 Å². The number of fused-ring (bicyclic) bond motifs is 1. The summed E-state index contributed by atoms with van der Waals surface area (Å²) in [6.07, 6.45) is 0.532. The molecule has 1 aliphatic heterocycles. The van der Waals surface area contributed by atoms with Crippen LogP contribution in [-0.2, 0) is 9.47 Å². The molecule has 0 aromatic heterocycles. The summed E-state index contributed by atoms with van der Waals surface area (Å²) in [4.78, 5) is 23.4. The summed E-state index contributed by atoms with van der Waals surface area (Å²) < 4.78 is 10.1. The van der Waals surface area contributed by atoms with Crippen molar-refractivity contribution >= 4 is 11.9 Å². The van der Waals surface area contributed by atoms with E-state index in [0.29, 0.717) is 6.42 Å². The van der Waals surface area contributed by atoms with Gasteiger partial charge in [0.05, 0.1) is 11.1 Å². The Balaban J connectivity index is 2.34. The SMILES string of the molecule is CCCC1OC(=O)c2ccccc2C(=O)O1. The molecule has 0 atom stereocenters. The maximum atomic E-state index is 11.7. The van der Waals surface area contributed by atoms with E-state index in [1.807, 2.05) is 6.92 Å². The Morgan fingerprint density at radius 3 is 2.00 bits per heavy atom. The number of carbonyl (C=O) groups is 2. The molecule has 0 saturated carbocycles. The molecule has 84 valence electrons. The molecule has 0 spiro atoms. The first-order valence-corrected chi connectivity index (χ1v) is 5.23. The van der Waals surface area contributed by atoms with E-state index in [1.165, 1.54) is 0 Å². The van der Waals surface area contributed by atoms with Gasteiger partial charge in [-0.05, 0) is 18.6 Å². The van der Waals surface area contributed by atoms with Gasteiger partial charge in [0.2, 0.25) is 6.29 Å². The van der Waals surface area contributed by atoms with Crippen LogP contribution in [-0.4, -0.2) is 18.2 Å². The lowest BCUT2D eigenvalue weighted by atomic mass is 10.1. The molecule has 1 aliphatic rings. The van der Waals surface area contributed by atoms with Crippen molar-refractivity contribution in [3.05, 3.63) is 35.4 Å². The van der Waals surface area contributed by atoms with Crippen molar-refractivity contribution in [2.75, 3.05) is 0 Å². The Morgan fingerprint density at radius 1 is 1.06 bits per heavy atom. The van der Waals surface area contributed by atoms with Gasteiger partial charge in [-0.2, -0.15) is 0 Å². The smallest absolute Gasteiger partial charge is 0.342 e. The zero-order chi connectivity index (χ0) is 11.5. The van der Waals surface area contributed by atoms with E-state index in [4.69, 9.17) is 9.47 Å². The van der Waals surface area contributed by atoms with E-state index >= 15 is 0 Å². The van der Waals surface area contributed by atoms with Crippen LogP contribution in [0.5, 0.6) is 0 Å². The fourth-order valence-electron chi connectivity index (χ4n) is 1.58. The molecular weight excluding hydrogens is 208 g/mol. The minimum Gasteiger partial charge on any atom is -0.422 e. The summed E-state index contributed by atoms with van der Waals surface area (Å²) in [5.74, 6) is -1.00. The first-order chi connectivity index (χ1) is 7.72. The summed E-state index contributed by atoms with van der Waals surface area (Å²) in [5.41, 5.74) is 0.539. The first-order valence-electron chi connectivity index (χ1n) is 5.23. The van der Waals surface area contributed by atoms with Gasteiger partial charge in [0.1, 0.15) is 0 Å². The maximum Gasteiger partial charge on any atom is 0.342 e. The molecule has 0 bridgehead atoms. The highest BCUT2D eigenvalue weighted by molar-refractivity contribution is 6.04.